The Kier molecular flexibility index (Phi) is 3.73. The van der Waals surface area contributed by atoms with Crippen molar-refractivity contribution in [3.63, 3.8) is 0 Å². The zero-order chi connectivity index (χ0) is 14.9. The average Bonchev–Trinajstić information content (AvgIpc) is 2.43. The van der Waals surface area contributed by atoms with E-state index in [1.807, 2.05) is 0 Å². The third-order valence-electron chi connectivity index (χ3n) is 3.02. The summed E-state index contributed by atoms with van der Waals surface area (Å²) in [6.45, 7) is 0. The number of methoxy groups -OCH3 is 2. The maximum absolute atomic E-state index is 11.1. The van der Waals surface area contributed by atoms with Crippen LogP contribution >= 0.6 is 0 Å². The first-order valence-corrected chi connectivity index (χ1v) is 5.69. The highest BCUT2D eigenvalue weighted by atomic mass is 16.7. The molecule has 2 rings (SSSR count). The summed E-state index contributed by atoms with van der Waals surface area (Å²) >= 11 is 0. The Hall–Kier alpha value is -2.38. The number of benzene rings is 2. The van der Waals surface area contributed by atoms with E-state index in [0.717, 1.165) is 0 Å². The van der Waals surface area contributed by atoms with Crippen molar-refractivity contribution in [2.75, 3.05) is 14.2 Å². The fourth-order valence-corrected chi connectivity index (χ4v) is 2.17. The predicted molar refractivity (Wildman–Crippen MR) is 70.7 cm³/mol. The molecule has 2 aromatic carbocycles. The summed E-state index contributed by atoms with van der Waals surface area (Å²) in [7, 11) is 2.72. The van der Waals surface area contributed by atoms with Gasteiger partial charge in [-0.1, -0.05) is 18.2 Å². The number of hydrogen-bond donors (Lipinski definition) is 2. The van der Waals surface area contributed by atoms with Crippen LogP contribution in [0.5, 0.6) is 11.5 Å². The lowest BCUT2D eigenvalue weighted by Crippen LogP contribution is -2.06. The zero-order valence-corrected chi connectivity index (χ0v) is 10.9. The minimum atomic E-state index is -0.952. The molecule has 2 aromatic rings. The smallest absolute Gasteiger partial charge is 0.322 e. The molecular formula is C13H13NO6. The Labute approximate surface area is 114 Å². The first kappa shape index (κ1) is 14.0. The standard InChI is InChI=1S/C13H13NO6/c1-19-13(20-2)9-7-5-3-4-6-8(7)10(14(17)18)12(16)11(9)15/h3-6,13,15-16H,1-2H3. The van der Waals surface area contributed by atoms with Crippen LogP contribution in [-0.4, -0.2) is 29.4 Å². The maximum atomic E-state index is 11.1. The number of nitro groups is 1. The highest BCUT2D eigenvalue weighted by Gasteiger charge is 2.29. The van der Waals surface area contributed by atoms with Crippen LogP contribution in [0.2, 0.25) is 0 Å². The van der Waals surface area contributed by atoms with E-state index in [1.165, 1.54) is 20.3 Å². The van der Waals surface area contributed by atoms with E-state index in [-0.39, 0.29) is 10.9 Å². The Balaban J connectivity index is 2.93. The van der Waals surface area contributed by atoms with Crippen molar-refractivity contribution in [1.29, 1.82) is 0 Å². The number of fused-ring (bicyclic) bond motifs is 1. The molecule has 20 heavy (non-hydrogen) atoms. The fourth-order valence-electron chi connectivity index (χ4n) is 2.17. The molecule has 0 unspecified atom stereocenters. The molecule has 0 amide bonds. The second-order valence-electron chi connectivity index (χ2n) is 4.07. The first-order chi connectivity index (χ1) is 9.52. The third-order valence-corrected chi connectivity index (χ3v) is 3.02. The number of nitrogens with zero attached hydrogens (tertiary/aromatic N) is 1. The minimum Gasteiger partial charge on any atom is -0.504 e. The monoisotopic (exact) mass is 279 g/mol. The highest BCUT2D eigenvalue weighted by molar-refractivity contribution is 5.98. The van der Waals surface area contributed by atoms with Gasteiger partial charge in [0.25, 0.3) is 0 Å². The molecule has 0 fully saturated rings. The van der Waals surface area contributed by atoms with E-state index >= 15 is 0 Å². The van der Waals surface area contributed by atoms with E-state index in [0.29, 0.717) is 5.39 Å². The van der Waals surface area contributed by atoms with Crippen LogP contribution in [0.15, 0.2) is 24.3 Å². The van der Waals surface area contributed by atoms with Gasteiger partial charge in [-0.2, -0.15) is 0 Å². The van der Waals surface area contributed by atoms with Crippen molar-refractivity contribution in [3.8, 4) is 11.5 Å². The van der Waals surface area contributed by atoms with Gasteiger partial charge in [-0.05, 0) is 6.07 Å². The van der Waals surface area contributed by atoms with Crippen molar-refractivity contribution in [1.82, 2.24) is 0 Å². The second-order valence-corrected chi connectivity index (χ2v) is 4.07. The molecule has 0 heterocycles. The molecule has 0 aromatic heterocycles. The summed E-state index contributed by atoms with van der Waals surface area (Å²) in [5, 5.41) is 31.6. The molecular weight excluding hydrogens is 266 g/mol. The van der Waals surface area contributed by atoms with E-state index in [9.17, 15) is 20.3 Å². The molecule has 106 valence electrons. The van der Waals surface area contributed by atoms with E-state index < -0.39 is 28.4 Å². The molecule has 0 aliphatic heterocycles. The Morgan fingerprint density at radius 2 is 1.65 bits per heavy atom. The molecule has 7 nitrogen and oxygen atoms in total. The number of ether oxygens (including phenoxy) is 2. The predicted octanol–water partition coefficient (Wildman–Crippen LogP) is 2.45. The molecule has 0 radical (unpaired) electrons. The maximum Gasteiger partial charge on any atom is 0.322 e. The number of hydrogen-bond acceptors (Lipinski definition) is 6. The van der Waals surface area contributed by atoms with Gasteiger partial charge < -0.3 is 19.7 Å². The van der Waals surface area contributed by atoms with E-state index in [2.05, 4.69) is 0 Å². The number of phenolic OH excluding ortho intramolecular Hbond substituents is 2. The lowest BCUT2D eigenvalue weighted by Gasteiger charge is -2.18. The van der Waals surface area contributed by atoms with Crippen molar-refractivity contribution in [2.45, 2.75) is 6.29 Å². The van der Waals surface area contributed by atoms with Crippen molar-refractivity contribution in [3.05, 3.63) is 39.9 Å². The SMILES string of the molecule is COC(OC)c1c(O)c(O)c([N+](=O)[O-])c2ccccc12. The normalized spacial score (nSPS) is 11.2. The van der Waals surface area contributed by atoms with Crippen molar-refractivity contribution >= 4 is 16.5 Å². The van der Waals surface area contributed by atoms with E-state index in [4.69, 9.17) is 9.47 Å². The molecule has 2 N–H and O–H groups in total. The van der Waals surface area contributed by atoms with Crippen molar-refractivity contribution in [2.24, 2.45) is 0 Å². The van der Waals surface area contributed by atoms with Crippen LogP contribution in [0.3, 0.4) is 0 Å². The van der Waals surface area contributed by atoms with Crippen molar-refractivity contribution < 1.29 is 24.6 Å². The van der Waals surface area contributed by atoms with Gasteiger partial charge in [0.1, 0.15) is 0 Å². The number of nitro benzene ring substituents is 1. The Bertz CT molecular complexity index is 665. The summed E-state index contributed by atoms with van der Waals surface area (Å²) in [5.74, 6) is -1.42. The number of aromatic hydroxyl groups is 2. The molecule has 7 heteroatoms. The van der Waals surface area contributed by atoms with Crippen LogP contribution in [0.1, 0.15) is 11.9 Å². The van der Waals surface area contributed by atoms with Gasteiger partial charge in [0.05, 0.1) is 15.9 Å². The van der Waals surface area contributed by atoms with Crippen LogP contribution in [-0.2, 0) is 9.47 Å². The zero-order valence-electron chi connectivity index (χ0n) is 10.9. The molecule has 0 saturated heterocycles. The molecule has 0 atom stereocenters. The topological polar surface area (TPSA) is 102 Å². The van der Waals surface area contributed by atoms with Crippen LogP contribution < -0.4 is 0 Å². The van der Waals surface area contributed by atoms with Gasteiger partial charge >= 0.3 is 5.69 Å². The fraction of sp³-hybridized carbons (Fsp3) is 0.231. The summed E-state index contributed by atoms with van der Waals surface area (Å²) < 4.78 is 10.1. The van der Waals surface area contributed by atoms with Gasteiger partial charge in [-0.15, -0.1) is 0 Å². The van der Waals surface area contributed by atoms with Crippen LogP contribution in [0.25, 0.3) is 10.8 Å². The summed E-state index contributed by atoms with van der Waals surface area (Å²) in [6, 6.07) is 6.33. The summed E-state index contributed by atoms with van der Waals surface area (Å²) in [6.07, 6.45) is -0.952. The highest BCUT2D eigenvalue weighted by Crippen LogP contribution is 2.47. The average molecular weight is 279 g/mol. The lowest BCUT2D eigenvalue weighted by molar-refractivity contribution is -0.384. The van der Waals surface area contributed by atoms with Gasteiger partial charge in [0.2, 0.25) is 5.75 Å². The molecule has 0 spiro atoms. The largest absolute Gasteiger partial charge is 0.504 e. The van der Waals surface area contributed by atoms with Gasteiger partial charge in [-0.25, -0.2) is 0 Å². The quantitative estimate of drug-likeness (QED) is 0.386. The van der Waals surface area contributed by atoms with Gasteiger partial charge in [-0.3, -0.25) is 10.1 Å². The van der Waals surface area contributed by atoms with Gasteiger partial charge in [0, 0.05) is 19.6 Å². The molecule has 0 bridgehead atoms. The third kappa shape index (κ3) is 2.02. The van der Waals surface area contributed by atoms with Gasteiger partial charge in [0.15, 0.2) is 12.0 Å². The van der Waals surface area contributed by atoms with E-state index in [1.54, 1.807) is 18.2 Å². The molecule has 0 saturated carbocycles. The van der Waals surface area contributed by atoms with Crippen LogP contribution in [0.4, 0.5) is 5.69 Å². The van der Waals surface area contributed by atoms with Crippen LogP contribution in [0, 0.1) is 10.1 Å². The minimum absolute atomic E-state index is 0.147. The summed E-state index contributed by atoms with van der Waals surface area (Å²) in [5.41, 5.74) is -0.401. The molecule has 0 aliphatic carbocycles. The summed E-state index contributed by atoms with van der Waals surface area (Å²) in [4.78, 5) is 10.3. The lowest BCUT2D eigenvalue weighted by atomic mass is 10.00. The Morgan fingerprint density at radius 1 is 1.10 bits per heavy atom. The first-order valence-electron chi connectivity index (χ1n) is 5.69. The Morgan fingerprint density at radius 3 is 2.15 bits per heavy atom. The number of phenols is 2. The second kappa shape index (κ2) is 5.32. The number of rotatable bonds is 4. The molecule has 0 aliphatic rings.